The summed E-state index contributed by atoms with van der Waals surface area (Å²) in [5, 5.41) is 11.6. The van der Waals surface area contributed by atoms with E-state index in [4.69, 9.17) is 4.42 Å². The molecule has 1 amide bonds. The highest BCUT2D eigenvalue weighted by molar-refractivity contribution is 9.10. The molecule has 1 aromatic heterocycles. The lowest BCUT2D eigenvalue weighted by molar-refractivity contribution is -0.141. The maximum atomic E-state index is 11.8. The molecule has 0 spiro atoms. The van der Waals surface area contributed by atoms with Gasteiger partial charge in [0.1, 0.15) is 5.76 Å². The summed E-state index contributed by atoms with van der Waals surface area (Å²) >= 11 is 3.15. The summed E-state index contributed by atoms with van der Waals surface area (Å²) in [5.74, 6) is -1.15. The van der Waals surface area contributed by atoms with Gasteiger partial charge < -0.3 is 14.8 Å². The van der Waals surface area contributed by atoms with Crippen LogP contribution in [-0.4, -0.2) is 17.0 Å². The van der Waals surface area contributed by atoms with E-state index in [9.17, 15) is 14.7 Å². The van der Waals surface area contributed by atoms with Crippen molar-refractivity contribution in [2.24, 2.45) is 0 Å². The van der Waals surface area contributed by atoms with Gasteiger partial charge in [-0.15, -0.1) is 0 Å². The van der Waals surface area contributed by atoms with Gasteiger partial charge in [-0.2, -0.15) is 0 Å². The van der Waals surface area contributed by atoms with Gasteiger partial charge in [-0.1, -0.05) is 30.3 Å². The minimum Gasteiger partial charge on any atom is -0.479 e. The van der Waals surface area contributed by atoms with Crippen molar-refractivity contribution in [3.63, 3.8) is 0 Å². The Balaban J connectivity index is 2.05. The number of furan rings is 1. The Bertz CT molecular complexity index is 663. The monoisotopic (exact) mass is 349 g/mol. The van der Waals surface area contributed by atoms with Crippen LogP contribution in [0.5, 0.6) is 0 Å². The van der Waals surface area contributed by atoms with Crippen LogP contribution in [0.3, 0.4) is 0 Å². The van der Waals surface area contributed by atoms with Gasteiger partial charge in [0.15, 0.2) is 10.7 Å². The first-order chi connectivity index (χ1) is 10.1. The molecule has 5 nitrogen and oxygen atoms in total. The summed E-state index contributed by atoms with van der Waals surface area (Å²) < 4.78 is 5.76. The number of benzene rings is 1. The Labute approximate surface area is 129 Å². The predicted octanol–water partition coefficient (Wildman–Crippen LogP) is 3.00. The van der Waals surface area contributed by atoms with Crippen molar-refractivity contribution < 1.29 is 19.1 Å². The quantitative estimate of drug-likeness (QED) is 0.813. The summed E-state index contributed by atoms with van der Waals surface area (Å²) in [5.41, 5.74) is 0.507. The van der Waals surface area contributed by atoms with E-state index in [2.05, 4.69) is 21.2 Å². The lowest BCUT2D eigenvalue weighted by Gasteiger charge is -2.13. The van der Waals surface area contributed by atoms with E-state index >= 15 is 0 Å². The van der Waals surface area contributed by atoms with Gasteiger partial charge in [0.25, 0.3) is 0 Å². The van der Waals surface area contributed by atoms with Gasteiger partial charge in [0, 0.05) is 6.08 Å². The molecule has 1 atom stereocenters. The molecule has 21 heavy (non-hydrogen) atoms. The number of hydrogen-bond donors (Lipinski definition) is 2. The summed E-state index contributed by atoms with van der Waals surface area (Å²) in [6.07, 6.45) is 2.69. The molecule has 1 aromatic carbocycles. The fourth-order valence-electron chi connectivity index (χ4n) is 1.70. The summed E-state index contributed by atoms with van der Waals surface area (Å²) in [7, 11) is 0. The molecule has 6 heteroatoms. The molecule has 0 fully saturated rings. The molecule has 1 unspecified atom stereocenters. The third kappa shape index (κ3) is 4.32. The Hall–Kier alpha value is -2.34. The molecule has 0 aliphatic rings. The van der Waals surface area contributed by atoms with Crippen molar-refractivity contribution in [2.45, 2.75) is 6.04 Å². The third-order valence-electron chi connectivity index (χ3n) is 2.66. The molecule has 0 aliphatic heterocycles. The summed E-state index contributed by atoms with van der Waals surface area (Å²) in [4.78, 5) is 23.0. The van der Waals surface area contributed by atoms with Gasteiger partial charge in [-0.3, -0.25) is 4.79 Å². The molecule has 0 saturated heterocycles. The van der Waals surface area contributed by atoms with Crippen molar-refractivity contribution in [1.29, 1.82) is 0 Å². The zero-order valence-electron chi connectivity index (χ0n) is 10.8. The molecule has 2 rings (SSSR count). The van der Waals surface area contributed by atoms with E-state index < -0.39 is 17.9 Å². The minimum absolute atomic E-state index is 0.489. The van der Waals surface area contributed by atoms with Crippen molar-refractivity contribution in [3.05, 3.63) is 64.5 Å². The summed E-state index contributed by atoms with van der Waals surface area (Å²) in [6.45, 7) is 0. The van der Waals surface area contributed by atoms with Crippen LogP contribution in [-0.2, 0) is 9.59 Å². The third-order valence-corrected chi connectivity index (χ3v) is 3.09. The fraction of sp³-hybridized carbons (Fsp3) is 0.0667. The van der Waals surface area contributed by atoms with Crippen LogP contribution in [0.1, 0.15) is 17.4 Å². The zero-order chi connectivity index (χ0) is 15.2. The number of carbonyl (C=O) groups excluding carboxylic acids is 1. The van der Waals surface area contributed by atoms with E-state index in [1.54, 1.807) is 42.5 Å². The molecule has 0 bridgehead atoms. The largest absolute Gasteiger partial charge is 0.479 e. The maximum Gasteiger partial charge on any atom is 0.330 e. The van der Waals surface area contributed by atoms with Crippen LogP contribution in [0.2, 0.25) is 0 Å². The molecule has 0 saturated carbocycles. The Morgan fingerprint density at radius 1 is 1.19 bits per heavy atom. The standard InChI is InChI=1S/C15H12BrNO4/c16-12-8-6-11(21-12)7-9-13(18)17-14(15(19)20)10-4-2-1-3-5-10/h1-9,14H,(H,17,18)(H,19,20)/b9-7+. The minimum atomic E-state index is -1.12. The van der Waals surface area contributed by atoms with Crippen LogP contribution >= 0.6 is 15.9 Å². The number of rotatable bonds is 5. The van der Waals surface area contributed by atoms with Gasteiger partial charge in [-0.05, 0) is 39.7 Å². The molecule has 0 radical (unpaired) electrons. The number of carboxylic acid groups (broad SMARTS) is 1. The average Bonchev–Trinajstić information content (AvgIpc) is 2.89. The highest BCUT2D eigenvalue weighted by Gasteiger charge is 2.20. The van der Waals surface area contributed by atoms with Gasteiger partial charge in [0.2, 0.25) is 5.91 Å². The van der Waals surface area contributed by atoms with Crippen LogP contribution in [0.4, 0.5) is 0 Å². The van der Waals surface area contributed by atoms with Crippen LogP contribution in [0, 0.1) is 0 Å². The first-order valence-electron chi connectivity index (χ1n) is 6.08. The average molecular weight is 350 g/mol. The van der Waals surface area contributed by atoms with E-state index in [0.29, 0.717) is 16.0 Å². The second-order valence-corrected chi connectivity index (χ2v) is 4.95. The first-order valence-corrected chi connectivity index (χ1v) is 6.87. The van der Waals surface area contributed by atoms with Crippen LogP contribution in [0.25, 0.3) is 6.08 Å². The van der Waals surface area contributed by atoms with Gasteiger partial charge >= 0.3 is 5.97 Å². The van der Waals surface area contributed by atoms with E-state index in [0.717, 1.165) is 0 Å². The molecular formula is C15H12BrNO4. The SMILES string of the molecule is O=C(/C=C/c1ccc(Br)o1)NC(C(=O)O)c1ccccc1. The van der Waals surface area contributed by atoms with Gasteiger partial charge in [-0.25, -0.2) is 4.79 Å². The molecule has 1 heterocycles. The van der Waals surface area contributed by atoms with Crippen molar-refractivity contribution in [1.82, 2.24) is 5.32 Å². The number of amides is 1. The Kier molecular flexibility index (Phi) is 4.94. The smallest absolute Gasteiger partial charge is 0.330 e. The second-order valence-electron chi connectivity index (χ2n) is 4.17. The van der Waals surface area contributed by atoms with Crippen LogP contribution in [0.15, 0.2) is 57.6 Å². The van der Waals surface area contributed by atoms with E-state index in [-0.39, 0.29) is 0 Å². The number of carbonyl (C=O) groups is 2. The molecule has 2 aromatic rings. The van der Waals surface area contributed by atoms with Crippen molar-refractivity contribution in [3.8, 4) is 0 Å². The fourth-order valence-corrected chi connectivity index (χ4v) is 2.02. The number of hydrogen-bond acceptors (Lipinski definition) is 3. The molecule has 108 valence electrons. The topological polar surface area (TPSA) is 79.5 Å². The maximum absolute atomic E-state index is 11.8. The normalized spacial score (nSPS) is 12.2. The molecule has 0 aliphatic carbocycles. The van der Waals surface area contributed by atoms with E-state index in [1.165, 1.54) is 12.2 Å². The highest BCUT2D eigenvalue weighted by atomic mass is 79.9. The lowest BCUT2D eigenvalue weighted by atomic mass is 10.1. The Morgan fingerprint density at radius 3 is 2.48 bits per heavy atom. The Morgan fingerprint density at radius 2 is 1.90 bits per heavy atom. The number of halogens is 1. The lowest BCUT2D eigenvalue weighted by Crippen LogP contribution is -2.32. The van der Waals surface area contributed by atoms with E-state index in [1.807, 2.05) is 0 Å². The highest BCUT2D eigenvalue weighted by Crippen LogP contribution is 2.15. The van der Waals surface area contributed by atoms with Crippen LogP contribution < -0.4 is 5.32 Å². The predicted molar refractivity (Wildman–Crippen MR) is 80.4 cm³/mol. The van der Waals surface area contributed by atoms with Gasteiger partial charge in [0.05, 0.1) is 0 Å². The molecular weight excluding hydrogens is 338 g/mol. The zero-order valence-corrected chi connectivity index (χ0v) is 12.4. The number of nitrogens with one attached hydrogen (secondary N) is 1. The molecule has 2 N–H and O–H groups in total. The number of carboxylic acids is 1. The van der Waals surface area contributed by atoms with Crippen molar-refractivity contribution in [2.75, 3.05) is 0 Å². The first kappa shape index (κ1) is 15.1. The second kappa shape index (κ2) is 6.90. The number of aliphatic carboxylic acids is 1. The summed E-state index contributed by atoms with van der Waals surface area (Å²) in [6, 6.07) is 10.8. The van der Waals surface area contributed by atoms with Crippen molar-refractivity contribution >= 4 is 33.9 Å².